The van der Waals surface area contributed by atoms with Gasteiger partial charge in [0.15, 0.2) is 12.4 Å². The number of oxime groups is 1. The van der Waals surface area contributed by atoms with E-state index < -0.39 is 0 Å². The summed E-state index contributed by atoms with van der Waals surface area (Å²) in [6.07, 6.45) is 1.96. The molecule has 0 fully saturated rings. The van der Waals surface area contributed by atoms with Crippen LogP contribution >= 0.6 is 0 Å². The number of hydrogen-bond donors (Lipinski definition) is 1. The zero-order valence-corrected chi connectivity index (χ0v) is 12.8. The van der Waals surface area contributed by atoms with E-state index in [0.717, 1.165) is 24.1 Å². The van der Waals surface area contributed by atoms with Gasteiger partial charge in [0, 0.05) is 17.8 Å². The van der Waals surface area contributed by atoms with Gasteiger partial charge < -0.3 is 15.5 Å². The van der Waals surface area contributed by atoms with E-state index in [1.54, 1.807) is 4.90 Å². The van der Waals surface area contributed by atoms with Gasteiger partial charge in [0.2, 0.25) is 0 Å². The summed E-state index contributed by atoms with van der Waals surface area (Å²) < 4.78 is 0. The maximum Gasteiger partial charge on any atom is 0.267 e. The molecule has 2 aromatic rings. The lowest BCUT2D eigenvalue weighted by atomic mass is 10.0. The molecule has 0 bridgehead atoms. The van der Waals surface area contributed by atoms with Crippen molar-refractivity contribution in [2.45, 2.75) is 12.8 Å². The van der Waals surface area contributed by atoms with Crippen LogP contribution in [0.3, 0.4) is 0 Å². The van der Waals surface area contributed by atoms with Crippen LogP contribution < -0.4 is 10.6 Å². The number of hydrogen-bond acceptors (Lipinski definition) is 3. The van der Waals surface area contributed by atoms with Crippen LogP contribution in [0, 0.1) is 0 Å². The quantitative estimate of drug-likeness (QED) is 0.535. The summed E-state index contributed by atoms with van der Waals surface area (Å²) >= 11 is 0. The average Bonchev–Trinajstić information content (AvgIpc) is 2.61. The van der Waals surface area contributed by atoms with E-state index in [1.807, 2.05) is 48.5 Å². The van der Waals surface area contributed by atoms with E-state index in [1.165, 1.54) is 5.56 Å². The number of aryl methyl sites for hydroxylation is 1. The maximum atomic E-state index is 12.4. The Bertz CT molecular complexity index is 713. The summed E-state index contributed by atoms with van der Waals surface area (Å²) in [6, 6.07) is 17.3. The molecule has 3 rings (SSSR count). The SMILES string of the molecule is NC(=NOCC(=O)N1CCCc2ccccc21)c1ccccc1. The zero-order valence-electron chi connectivity index (χ0n) is 12.8. The lowest BCUT2D eigenvalue weighted by Crippen LogP contribution is -2.37. The third-order valence-corrected chi connectivity index (χ3v) is 3.83. The number of rotatable bonds is 4. The van der Waals surface area contributed by atoms with Gasteiger partial charge in [-0.3, -0.25) is 4.79 Å². The fourth-order valence-corrected chi connectivity index (χ4v) is 2.69. The normalized spacial score (nSPS) is 14.3. The highest BCUT2D eigenvalue weighted by molar-refractivity contribution is 5.97. The molecule has 2 N–H and O–H groups in total. The minimum atomic E-state index is -0.123. The molecule has 0 aliphatic carbocycles. The summed E-state index contributed by atoms with van der Waals surface area (Å²) in [7, 11) is 0. The third kappa shape index (κ3) is 3.51. The lowest BCUT2D eigenvalue weighted by Gasteiger charge is -2.28. The van der Waals surface area contributed by atoms with Crippen LogP contribution in [0.2, 0.25) is 0 Å². The molecular weight excluding hydrogens is 290 g/mol. The Morgan fingerprint density at radius 1 is 1.13 bits per heavy atom. The number of benzene rings is 2. The standard InChI is InChI=1S/C18H19N3O2/c19-18(15-8-2-1-3-9-15)20-23-13-17(22)21-12-6-10-14-7-4-5-11-16(14)21/h1-5,7-9,11H,6,10,12-13H2,(H2,19,20). The van der Waals surface area contributed by atoms with Gasteiger partial charge in [0.1, 0.15) is 0 Å². The van der Waals surface area contributed by atoms with Crippen molar-refractivity contribution in [1.82, 2.24) is 0 Å². The van der Waals surface area contributed by atoms with Gasteiger partial charge in [-0.05, 0) is 24.5 Å². The molecule has 5 nitrogen and oxygen atoms in total. The first-order valence-electron chi connectivity index (χ1n) is 7.65. The van der Waals surface area contributed by atoms with E-state index in [9.17, 15) is 4.79 Å². The van der Waals surface area contributed by atoms with Crippen molar-refractivity contribution in [2.75, 3.05) is 18.1 Å². The molecule has 0 spiro atoms. The van der Waals surface area contributed by atoms with Gasteiger partial charge in [-0.25, -0.2) is 0 Å². The van der Waals surface area contributed by atoms with Crippen molar-refractivity contribution in [2.24, 2.45) is 10.9 Å². The van der Waals surface area contributed by atoms with Crippen molar-refractivity contribution in [3.05, 3.63) is 65.7 Å². The molecule has 1 amide bonds. The van der Waals surface area contributed by atoms with Crippen molar-refractivity contribution >= 4 is 17.4 Å². The number of carbonyl (C=O) groups is 1. The van der Waals surface area contributed by atoms with Gasteiger partial charge in [-0.1, -0.05) is 53.7 Å². The molecule has 0 atom stereocenters. The summed E-state index contributed by atoms with van der Waals surface area (Å²) in [5, 5.41) is 3.83. The Hall–Kier alpha value is -2.82. The first-order valence-corrected chi connectivity index (χ1v) is 7.65. The van der Waals surface area contributed by atoms with Crippen molar-refractivity contribution in [3.8, 4) is 0 Å². The summed E-state index contributed by atoms with van der Waals surface area (Å²) in [5.41, 5.74) is 8.76. The summed E-state index contributed by atoms with van der Waals surface area (Å²) in [5.74, 6) is 0.152. The Balaban J connectivity index is 1.63. The van der Waals surface area contributed by atoms with Crippen LogP contribution in [0.1, 0.15) is 17.5 Å². The van der Waals surface area contributed by atoms with Gasteiger partial charge in [-0.15, -0.1) is 0 Å². The fraction of sp³-hybridized carbons (Fsp3) is 0.222. The first kappa shape index (κ1) is 15.1. The van der Waals surface area contributed by atoms with Gasteiger partial charge in [-0.2, -0.15) is 0 Å². The van der Waals surface area contributed by atoms with Crippen LogP contribution in [-0.2, 0) is 16.1 Å². The van der Waals surface area contributed by atoms with Crippen LogP contribution in [0.25, 0.3) is 0 Å². The van der Waals surface area contributed by atoms with Crippen molar-refractivity contribution in [1.29, 1.82) is 0 Å². The Labute approximate surface area is 135 Å². The average molecular weight is 309 g/mol. The number of nitrogens with two attached hydrogens (primary N) is 1. The molecule has 118 valence electrons. The molecule has 0 aromatic heterocycles. The van der Waals surface area contributed by atoms with Crippen LogP contribution in [-0.4, -0.2) is 24.9 Å². The summed E-state index contributed by atoms with van der Waals surface area (Å²) in [6.45, 7) is 0.582. The predicted molar refractivity (Wildman–Crippen MR) is 90.2 cm³/mol. The van der Waals surface area contributed by atoms with Crippen LogP contribution in [0.15, 0.2) is 59.8 Å². The number of carbonyl (C=O) groups excluding carboxylic acids is 1. The van der Waals surface area contributed by atoms with Gasteiger partial charge >= 0.3 is 0 Å². The predicted octanol–water partition coefficient (Wildman–Crippen LogP) is 2.30. The van der Waals surface area contributed by atoms with Crippen molar-refractivity contribution < 1.29 is 9.63 Å². The molecule has 23 heavy (non-hydrogen) atoms. The number of amides is 1. The van der Waals surface area contributed by atoms with E-state index in [4.69, 9.17) is 10.6 Å². The molecule has 1 aliphatic heterocycles. The second kappa shape index (κ2) is 6.96. The minimum absolute atomic E-state index is 0.109. The van der Waals surface area contributed by atoms with Crippen LogP contribution in [0.4, 0.5) is 5.69 Å². The number of amidine groups is 1. The zero-order chi connectivity index (χ0) is 16.1. The molecule has 2 aromatic carbocycles. The van der Waals surface area contributed by atoms with E-state index in [-0.39, 0.29) is 18.3 Å². The molecule has 0 radical (unpaired) electrons. The topological polar surface area (TPSA) is 67.9 Å². The molecule has 5 heteroatoms. The molecule has 1 heterocycles. The minimum Gasteiger partial charge on any atom is -0.384 e. The van der Waals surface area contributed by atoms with Crippen molar-refractivity contribution in [3.63, 3.8) is 0 Å². The molecular formula is C18H19N3O2. The summed E-state index contributed by atoms with van der Waals surface area (Å²) in [4.78, 5) is 19.3. The Morgan fingerprint density at radius 2 is 1.87 bits per heavy atom. The molecule has 0 saturated carbocycles. The van der Waals surface area contributed by atoms with E-state index in [0.29, 0.717) is 6.54 Å². The highest BCUT2D eigenvalue weighted by Crippen LogP contribution is 2.26. The van der Waals surface area contributed by atoms with E-state index in [2.05, 4.69) is 11.2 Å². The maximum absolute atomic E-state index is 12.4. The third-order valence-electron chi connectivity index (χ3n) is 3.83. The number of para-hydroxylation sites is 1. The number of nitrogens with zero attached hydrogens (tertiary/aromatic N) is 2. The largest absolute Gasteiger partial charge is 0.384 e. The smallest absolute Gasteiger partial charge is 0.267 e. The number of fused-ring (bicyclic) bond motifs is 1. The first-order chi connectivity index (χ1) is 11.3. The monoisotopic (exact) mass is 309 g/mol. The van der Waals surface area contributed by atoms with Gasteiger partial charge in [0.25, 0.3) is 5.91 Å². The lowest BCUT2D eigenvalue weighted by molar-refractivity contribution is -0.123. The molecule has 0 saturated heterocycles. The van der Waals surface area contributed by atoms with E-state index >= 15 is 0 Å². The highest BCUT2D eigenvalue weighted by atomic mass is 16.6. The molecule has 1 aliphatic rings. The Kier molecular flexibility index (Phi) is 4.57. The second-order valence-electron chi connectivity index (χ2n) is 5.39. The number of anilines is 1. The fourth-order valence-electron chi connectivity index (χ4n) is 2.69. The molecule has 0 unspecified atom stereocenters. The highest BCUT2D eigenvalue weighted by Gasteiger charge is 2.22. The second-order valence-corrected chi connectivity index (χ2v) is 5.39. The Morgan fingerprint density at radius 3 is 2.70 bits per heavy atom. The van der Waals surface area contributed by atoms with Gasteiger partial charge in [0.05, 0.1) is 0 Å². The van der Waals surface area contributed by atoms with Crippen LogP contribution in [0.5, 0.6) is 0 Å².